The van der Waals surface area contributed by atoms with Crippen LogP contribution in [0.4, 0.5) is 0 Å². The number of thiophene rings is 2. The van der Waals surface area contributed by atoms with Gasteiger partial charge in [0.25, 0.3) is 0 Å². The molecule has 0 aliphatic carbocycles. The van der Waals surface area contributed by atoms with E-state index in [0.29, 0.717) is 6.04 Å². The third kappa shape index (κ3) is 3.45. The van der Waals surface area contributed by atoms with E-state index in [4.69, 9.17) is 0 Å². The molecule has 0 bridgehead atoms. The Hall–Kier alpha value is -0.640. The highest BCUT2D eigenvalue weighted by Crippen LogP contribution is 2.10. The molecule has 0 saturated carbocycles. The van der Waals surface area contributed by atoms with Gasteiger partial charge in [0.1, 0.15) is 0 Å². The third-order valence-corrected chi connectivity index (χ3v) is 3.82. The number of hydrogen-bond donors (Lipinski definition) is 1. The lowest BCUT2D eigenvalue weighted by atomic mass is 10.1. The van der Waals surface area contributed by atoms with Crippen molar-refractivity contribution in [3.05, 3.63) is 44.8 Å². The lowest BCUT2D eigenvalue weighted by Crippen LogP contribution is -2.27. The van der Waals surface area contributed by atoms with Crippen LogP contribution in [0.3, 0.4) is 0 Å². The molecule has 2 aromatic heterocycles. The van der Waals surface area contributed by atoms with E-state index >= 15 is 0 Å². The van der Waals surface area contributed by atoms with Gasteiger partial charge in [-0.1, -0.05) is 0 Å². The molecule has 2 heterocycles. The van der Waals surface area contributed by atoms with Crippen LogP contribution >= 0.6 is 22.7 Å². The Morgan fingerprint density at radius 3 is 2.40 bits per heavy atom. The van der Waals surface area contributed by atoms with Gasteiger partial charge in [-0.2, -0.15) is 22.7 Å². The van der Waals surface area contributed by atoms with Crippen LogP contribution in [0.2, 0.25) is 0 Å². The molecule has 15 heavy (non-hydrogen) atoms. The van der Waals surface area contributed by atoms with E-state index in [2.05, 4.69) is 45.9 Å². The molecule has 80 valence electrons. The summed E-state index contributed by atoms with van der Waals surface area (Å²) in [6.45, 7) is 3.22. The van der Waals surface area contributed by atoms with Crippen molar-refractivity contribution in [2.75, 3.05) is 0 Å². The fourth-order valence-electron chi connectivity index (χ4n) is 1.52. The van der Waals surface area contributed by atoms with Crippen LogP contribution in [-0.2, 0) is 13.0 Å². The van der Waals surface area contributed by atoms with Crippen LogP contribution in [0.5, 0.6) is 0 Å². The molecule has 2 aromatic rings. The fraction of sp³-hybridized carbons (Fsp3) is 0.333. The van der Waals surface area contributed by atoms with E-state index in [0.717, 1.165) is 13.0 Å². The van der Waals surface area contributed by atoms with Crippen LogP contribution in [-0.4, -0.2) is 6.04 Å². The van der Waals surface area contributed by atoms with E-state index in [-0.39, 0.29) is 0 Å². The average molecular weight is 237 g/mol. The lowest BCUT2D eigenvalue weighted by molar-refractivity contribution is 0.546. The van der Waals surface area contributed by atoms with Crippen LogP contribution in [0.15, 0.2) is 33.7 Å². The minimum Gasteiger partial charge on any atom is -0.310 e. The van der Waals surface area contributed by atoms with Crippen molar-refractivity contribution in [1.29, 1.82) is 0 Å². The normalized spacial score (nSPS) is 12.9. The lowest BCUT2D eigenvalue weighted by Gasteiger charge is -2.12. The molecule has 0 spiro atoms. The maximum Gasteiger partial charge on any atom is 0.0216 e. The summed E-state index contributed by atoms with van der Waals surface area (Å²) in [7, 11) is 0. The average Bonchev–Trinajstić information content (AvgIpc) is 2.86. The zero-order valence-electron chi connectivity index (χ0n) is 8.77. The Labute approximate surface area is 98.8 Å². The van der Waals surface area contributed by atoms with Gasteiger partial charge in [0, 0.05) is 12.6 Å². The summed E-state index contributed by atoms with van der Waals surface area (Å²) < 4.78 is 0. The molecule has 0 aliphatic heterocycles. The summed E-state index contributed by atoms with van der Waals surface area (Å²) in [4.78, 5) is 0. The summed E-state index contributed by atoms with van der Waals surface area (Å²) in [6, 6.07) is 4.92. The number of rotatable bonds is 5. The second-order valence-electron chi connectivity index (χ2n) is 3.75. The maximum atomic E-state index is 3.53. The summed E-state index contributed by atoms with van der Waals surface area (Å²) in [5.41, 5.74) is 2.82. The molecule has 0 radical (unpaired) electrons. The predicted octanol–water partition coefficient (Wildman–Crippen LogP) is 3.53. The minimum absolute atomic E-state index is 0.541. The summed E-state index contributed by atoms with van der Waals surface area (Å²) in [5.74, 6) is 0. The van der Waals surface area contributed by atoms with Gasteiger partial charge in [-0.05, 0) is 58.1 Å². The Bertz CT molecular complexity index is 364. The molecular formula is C12H15NS2. The molecule has 1 atom stereocenters. The second-order valence-corrected chi connectivity index (χ2v) is 5.31. The Morgan fingerprint density at radius 2 is 1.80 bits per heavy atom. The minimum atomic E-state index is 0.541. The molecule has 0 fully saturated rings. The Kier molecular flexibility index (Phi) is 3.94. The first kappa shape index (κ1) is 10.9. The van der Waals surface area contributed by atoms with Gasteiger partial charge >= 0.3 is 0 Å². The molecule has 1 nitrogen and oxygen atoms in total. The standard InChI is InChI=1S/C12H15NS2/c1-10(6-11-2-4-14-8-11)13-7-12-3-5-15-9-12/h2-5,8-10,13H,6-7H2,1H3. The van der Waals surface area contributed by atoms with Gasteiger partial charge in [-0.15, -0.1) is 0 Å². The fourth-order valence-corrected chi connectivity index (χ4v) is 2.87. The van der Waals surface area contributed by atoms with Crippen LogP contribution in [0.25, 0.3) is 0 Å². The van der Waals surface area contributed by atoms with Crippen molar-refractivity contribution < 1.29 is 0 Å². The van der Waals surface area contributed by atoms with Crippen LogP contribution in [0.1, 0.15) is 18.1 Å². The van der Waals surface area contributed by atoms with Gasteiger partial charge in [0.15, 0.2) is 0 Å². The molecule has 1 unspecified atom stereocenters. The first-order valence-corrected chi connectivity index (χ1v) is 6.98. The smallest absolute Gasteiger partial charge is 0.0216 e. The van der Waals surface area contributed by atoms with Crippen molar-refractivity contribution in [2.45, 2.75) is 25.9 Å². The maximum absolute atomic E-state index is 3.53. The molecule has 0 aliphatic rings. The zero-order chi connectivity index (χ0) is 10.5. The summed E-state index contributed by atoms with van der Waals surface area (Å²) in [6.07, 6.45) is 1.12. The van der Waals surface area contributed by atoms with Gasteiger partial charge in [0.2, 0.25) is 0 Å². The number of nitrogens with one attached hydrogen (secondary N) is 1. The second kappa shape index (κ2) is 5.45. The van der Waals surface area contributed by atoms with Crippen LogP contribution < -0.4 is 5.32 Å². The van der Waals surface area contributed by atoms with E-state index in [1.807, 2.05) is 0 Å². The van der Waals surface area contributed by atoms with Gasteiger partial charge in [0.05, 0.1) is 0 Å². The highest BCUT2D eigenvalue weighted by molar-refractivity contribution is 7.08. The van der Waals surface area contributed by atoms with Gasteiger partial charge in [-0.3, -0.25) is 0 Å². The monoisotopic (exact) mass is 237 g/mol. The summed E-state index contributed by atoms with van der Waals surface area (Å²) in [5, 5.41) is 12.2. The molecule has 1 N–H and O–H groups in total. The van der Waals surface area contributed by atoms with Crippen molar-refractivity contribution in [3.8, 4) is 0 Å². The van der Waals surface area contributed by atoms with Crippen molar-refractivity contribution in [1.82, 2.24) is 5.32 Å². The van der Waals surface area contributed by atoms with E-state index < -0.39 is 0 Å². The van der Waals surface area contributed by atoms with Gasteiger partial charge in [-0.25, -0.2) is 0 Å². The largest absolute Gasteiger partial charge is 0.310 e. The van der Waals surface area contributed by atoms with Crippen molar-refractivity contribution >= 4 is 22.7 Å². The van der Waals surface area contributed by atoms with Gasteiger partial charge < -0.3 is 5.32 Å². The molecule has 0 aromatic carbocycles. The molecular weight excluding hydrogens is 222 g/mol. The Morgan fingerprint density at radius 1 is 1.13 bits per heavy atom. The van der Waals surface area contributed by atoms with Crippen LogP contribution in [0, 0.1) is 0 Å². The molecule has 2 rings (SSSR count). The van der Waals surface area contributed by atoms with E-state index in [9.17, 15) is 0 Å². The Balaban J connectivity index is 1.76. The van der Waals surface area contributed by atoms with E-state index in [1.165, 1.54) is 11.1 Å². The summed E-state index contributed by atoms with van der Waals surface area (Å²) >= 11 is 3.53. The van der Waals surface area contributed by atoms with Crippen molar-refractivity contribution in [3.63, 3.8) is 0 Å². The molecule has 3 heteroatoms. The predicted molar refractivity (Wildman–Crippen MR) is 68.6 cm³/mol. The molecule has 0 amide bonds. The highest BCUT2D eigenvalue weighted by Gasteiger charge is 2.03. The zero-order valence-corrected chi connectivity index (χ0v) is 10.4. The molecule has 0 saturated heterocycles. The van der Waals surface area contributed by atoms with E-state index in [1.54, 1.807) is 22.7 Å². The van der Waals surface area contributed by atoms with Crippen molar-refractivity contribution in [2.24, 2.45) is 0 Å². The first-order valence-electron chi connectivity index (χ1n) is 5.10. The SMILES string of the molecule is CC(Cc1ccsc1)NCc1ccsc1. The topological polar surface area (TPSA) is 12.0 Å². The third-order valence-electron chi connectivity index (χ3n) is 2.36. The first-order chi connectivity index (χ1) is 7.34. The number of hydrogen-bond acceptors (Lipinski definition) is 3. The highest BCUT2D eigenvalue weighted by atomic mass is 32.1. The quantitative estimate of drug-likeness (QED) is 0.839.